The van der Waals surface area contributed by atoms with Gasteiger partial charge in [0.05, 0.1) is 6.61 Å². The van der Waals surface area contributed by atoms with Crippen LogP contribution in [0.4, 0.5) is 5.69 Å². The minimum atomic E-state index is 0.195. The first-order valence-corrected chi connectivity index (χ1v) is 5.29. The van der Waals surface area contributed by atoms with E-state index in [-0.39, 0.29) is 12.6 Å². The summed E-state index contributed by atoms with van der Waals surface area (Å²) in [5, 5.41) is 8.99. The summed E-state index contributed by atoms with van der Waals surface area (Å²) in [6.07, 6.45) is 0.924. The molecule has 0 aliphatic heterocycles. The number of nitrogen functional groups attached to an aromatic ring is 1. The van der Waals surface area contributed by atoms with E-state index < -0.39 is 0 Å². The maximum absolute atomic E-state index is 8.99. The van der Waals surface area contributed by atoms with Gasteiger partial charge >= 0.3 is 0 Å². The Morgan fingerprint density at radius 3 is 2.67 bits per heavy atom. The largest absolute Gasteiger partial charge is 0.399 e. The maximum Gasteiger partial charge on any atom is 0.0584 e. The Balaban J connectivity index is 2.47. The average molecular weight is 208 g/mol. The molecule has 15 heavy (non-hydrogen) atoms. The predicted octanol–water partition coefficient (Wildman–Crippen LogP) is 1.12. The van der Waals surface area contributed by atoms with Crippen LogP contribution >= 0.6 is 0 Å². The van der Waals surface area contributed by atoms with E-state index in [4.69, 9.17) is 10.8 Å². The number of aliphatic hydroxyl groups is 1. The minimum Gasteiger partial charge on any atom is -0.399 e. The molecule has 0 saturated carbocycles. The van der Waals surface area contributed by atoms with E-state index in [0.717, 1.165) is 18.7 Å². The van der Waals surface area contributed by atoms with Crippen molar-refractivity contribution in [1.82, 2.24) is 4.90 Å². The number of hydrogen-bond donors (Lipinski definition) is 2. The third-order valence-corrected chi connectivity index (χ3v) is 2.81. The molecule has 0 fully saturated rings. The number of nitrogens with zero attached hydrogens (tertiary/aromatic N) is 1. The van der Waals surface area contributed by atoms with Gasteiger partial charge in [0.1, 0.15) is 0 Å². The molecule has 1 atom stereocenters. The van der Waals surface area contributed by atoms with Crippen LogP contribution in [0.25, 0.3) is 0 Å². The van der Waals surface area contributed by atoms with Gasteiger partial charge in [-0.1, -0.05) is 18.2 Å². The molecule has 0 aliphatic rings. The van der Waals surface area contributed by atoms with Crippen LogP contribution < -0.4 is 5.73 Å². The van der Waals surface area contributed by atoms with Gasteiger partial charge in [-0.2, -0.15) is 0 Å². The fourth-order valence-corrected chi connectivity index (χ4v) is 1.42. The van der Waals surface area contributed by atoms with Crippen molar-refractivity contribution in [3.63, 3.8) is 0 Å². The Labute approximate surface area is 91.5 Å². The van der Waals surface area contributed by atoms with Crippen molar-refractivity contribution in [2.45, 2.75) is 19.4 Å². The molecule has 3 N–H and O–H groups in total. The van der Waals surface area contributed by atoms with Gasteiger partial charge in [-0.25, -0.2) is 0 Å². The summed E-state index contributed by atoms with van der Waals surface area (Å²) in [6.45, 7) is 3.12. The lowest BCUT2D eigenvalue weighted by Crippen LogP contribution is -2.33. The van der Waals surface area contributed by atoms with E-state index in [1.807, 2.05) is 38.2 Å². The number of benzene rings is 1. The zero-order valence-electron chi connectivity index (χ0n) is 9.48. The van der Waals surface area contributed by atoms with Gasteiger partial charge in [-0.05, 0) is 32.0 Å². The van der Waals surface area contributed by atoms with Crippen LogP contribution in [-0.4, -0.2) is 36.2 Å². The SMILES string of the molecule is CC(CO)N(C)CCc1ccccc1N. The lowest BCUT2D eigenvalue weighted by Gasteiger charge is -2.22. The number of hydrogen-bond acceptors (Lipinski definition) is 3. The monoisotopic (exact) mass is 208 g/mol. The van der Waals surface area contributed by atoms with Gasteiger partial charge in [-0.3, -0.25) is 0 Å². The highest BCUT2D eigenvalue weighted by Crippen LogP contribution is 2.11. The van der Waals surface area contributed by atoms with Crippen molar-refractivity contribution in [2.24, 2.45) is 0 Å². The lowest BCUT2D eigenvalue weighted by molar-refractivity contribution is 0.160. The number of anilines is 1. The third kappa shape index (κ3) is 3.53. The molecule has 3 heteroatoms. The Kier molecular flexibility index (Phi) is 4.59. The highest BCUT2D eigenvalue weighted by molar-refractivity contribution is 5.46. The van der Waals surface area contributed by atoms with Gasteiger partial charge in [-0.15, -0.1) is 0 Å². The third-order valence-electron chi connectivity index (χ3n) is 2.81. The average Bonchev–Trinajstić information content (AvgIpc) is 2.26. The number of aliphatic hydroxyl groups excluding tert-OH is 1. The van der Waals surface area contributed by atoms with Crippen molar-refractivity contribution in [1.29, 1.82) is 0 Å². The lowest BCUT2D eigenvalue weighted by atomic mass is 10.1. The summed E-state index contributed by atoms with van der Waals surface area (Å²) in [5.41, 5.74) is 7.87. The fraction of sp³-hybridized carbons (Fsp3) is 0.500. The topological polar surface area (TPSA) is 49.5 Å². The quantitative estimate of drug-likeness (QED) is 0.713. The van der Waals surface area contributed by atoms with Crippen LogP contribution in [0.2, 0.25) is 0 Å². The van der Waals surface area contributed by atoms with Crippen LogP contribution in [0.3, 0.4) is 0 Å². The number of para-hydroxylation sites is 1. The predicted molar refractivity (Wildman–Crippen MR) is 63.7 cm³/mol. The molecule has 1 aromatic carbocycles. The highest BCUT2D eigenvalue weighted by atomic mass is 16.3. The van der Waals surface area contributed by atoms with Gasteiger partial charge in [0, 0.05) is 18.3 Å². The standard InChI is InChI=1S/C12H20N2O/c1-10(9-15)14(2)8-7-11-5-3-4-6-12(11)13/h3-6,10,15H,7-9,13H2,1-2H3. The molecular formula is C12H20N2O. The molecule has 3 nitrogen and oxygen atoms in total. The smallest absolute Gasteiger partial charge is 0.0584 e. The second-order valence-electron chi connectivity index (χ2n) is 3.96. The first-order chi connectivity index (χ1) is 7.15. The molecule has 0 saturated heterocycles. The van der Waals surface area contributed by atoms with Crippen LogP contribution in [0.1, 0.15) is 12.5 Å². The van der Waals surface area contributed by atoms with Crippen LogP contribution in [0, 0.1) is 0 Å². The molecule has 0 amide bonds. The zero-order chi connectivity index (χ0) is 11.3. The molecular weight excluding hydrogens is 188 g/mol. The minimum absolute atomic E-state index is 0.195. The molecule has 0 aliphatic carbocycles. The van der Waals surface area contributed by atoms with Gasteiger partial charge in [0.15, 0.2) is 0 Å². The van der Waals surface area contributed by atoms with E-state index in [9.17, 15) is 0 Å². The summed E-state index contributed by atoms with van der Waals surface area (Å²) in [4.78, 5) is 2.13. The summed E-state index contributed by atoms with van der Waals surface area (Å²) in [6, 6.07) is 8.12. The van der Waals surface area contributed by atoms with Crippen LogP contribution in [0.5, 0.6) is 0 Å². The number of nitrogens with two attached hydrogens (primary N) is 1. The highest BCUT2D eigenvalue weighted by Gasteiger charge is 2.07. The van der Waals surface area contributed by atoms with E-state index in [0.29, 0.717) is 0 Å². The summed E-state index contributed by atoms with van der Waals surface area (Å²) in [5.74, 6) is 0. The first-order valence-electron chi connectivity index (χ1n) is 5.29. The van der Waals surface area contributed by atoms with E-state index >= 15 is 0 Å². The van der Waals surface area contributed by atoms with Crippen molar-refractivity contribution in [3.8, 4) is 0 Å². The normalized spacial score (nSPS) is 13.1. The molecule has 0 heterocycles. The number of rotatable bonds is 5. The van der Waals surface area contributed by atoms with Crippen molar-refractivity contribution in [2.75, 3.05) is 25.9 Å². The molecule has 1 aromatic rings. The molecule has 0 aromatic heterocycles. The Hall–Kier alpha value is -1.06. The van der Waals surface area contributed by atoms with E-state index in [1.54, 1.807) is 0 Å². The summed E-state index contributed by atoms with van der Waals surface area (Å²) in [7, 11) is 2.01. The second-order valence-corrected chi connectivity index (χ2v) is 3.96. The maximum atomic E-state index is 8.99. The fourth-order valence-electron chi connectivity index (χ4n) is 1.42. The van der Waals surface area contributed by atoms with Gasteiger partial charge in [0.25, 0.3) is 0 Å². The first kappa shape index (κ1) is 12.0. The Bertz CT molecular complexity index is 301. The van der Waals surface area contributed by atoms with Crippen molar-refractivity contribution >= 4 is 5.69 Å². The molecule has 1 rings (SSSR count). The molecule has 84 valence electrons. The Morgan fingerprint density at radius 2 is 2.07 bits per heavy atom. The van der Waals surface area contributed by atoms with Gasteiger partial charge < -0.3 is 15.7 Å². The van der Waals surface area contributed by atoms with E-state index in [2.05, 4.69) is 4.90 Å². The molecule has 0 bridgehead atoms. The van der Waals surface area contributed by atoms with E-state index in [1.165, 1.54) is 5.56 Å². The van der Waals surface area contributed by atoms with Crippen LogP contribution in [0.15, 0.2) is 24.3 Å². The van der Waals surface area contributed by atoms with Crippen molar-refractivity contribution < 1.29 is 5.11 Å². The van der Waals surface area contributed by atoms with Crippen LogP contribution in [-0.2, 0) is 6.42 Å². The van der Waals surface area contributed by atoms with Crippen molar-refractivity contribution in [3.05, 3.63) is 29.8 Å². The van der Waals surface area contributed by atoms with Gasteiger partial charge in [0.2, 0.25) is 0 Å². The zero-order valence-corrected chi connectivity index (χ0v) is 9.48. The second kappa shape index (κ2) is 5.73. The Morgan fingerprint density at radius 1 is 1.40 bits per heavy atom. The molecule has 1 unspecified atom stereocenters. The summed E-state index contributed by atoms with van der Waals surface area (Å²) >= 11 is 0. The molecule has 0 spiro atoms. The number of likely N-dealkylation sites (N-methyl/N-ethyl adjacent to an activating group) is 1. The molecule has 0 radical (unpaired) electrons. The summed E-state index contributed by atoms with van der Waals surface area (Å²) < 4.78 is 0.